The summed E-state index contributed by atoms with van der Waals surface area (Å²) in [5.41, 5.74) is 5.25. The molecule has 1 aliphatic rings. The molecule has 1 atom stereocenters. The van der Waals surface area contributed by atoms with Gasteiger partial charge >= 0.3 is 0 Å². The smallest absolute Gasteiger partial charge is 0.157 e. The van der Waals surface area contributed by atoms with E-state index in [0.29, 0.717) is 18.8 Å². The Morgan fingerprint density at radius 3 is 2.59 bits per heavy atom. The van der Waals surface area contributed by atoms with Crippen LogP contribution in [0.5, 0.6) is 0 Å². The molecule has 1 fully saturated rings. The molecule has 6 nitrogen and oxygen atoms in total. The second-order valence-corrected chi connectivity index (χ2v) is 9.73. The van der Waals surface area contributed by atoms with Crippen LogP contribution >= 0.6 is 0 Å². The van der Waals surface area contributed by atoms with E-state index < -0.39 is 16.1 Å². The van der Waals surface area contributed by atoms with E-state index in [4.69, 9.17) is 14.9 Å². The zero-order valence-electron chi connectivity index (χ0n) is 17.7. The average molecular weight is 413 g/mol. The normalized spacial score (nSPS) is 16.8. The van der Waals surface area contributed by atoms with Gasteiger partial charge in [-0.05, 0) is 64.0 Å². The topological polar surface area (TPSA) is 98.2 Å². The fourth-order valence-electron chi connectivity index (χ4n) is 3.78. The highest BCUT2D eigenvalue weighted by Gasteiger charge is 2.28. The number of hydrogen-bond donors (Lipinski definition) is 1. The van der Waals surface area contributed by atoms with E-state index in [1.165, 1.54) is 0 Å². The number of nitriles is 1. The largest absolute Gasteiger partial charge is 0.598 e. The Balaban J connectivity index is 2.28. The molecule has 1 aromatic carbocycles. The second kappa shape index (κ2) is 8.33. The summed E-state index contributed by atoms with van der Waals surface area (Å²) in [5.74, 6) is 0.830. The molecular formula is C22H28N4O2S. The van der Waals surface area contributed by atoms with Gasteiger partial charge in [-0.3, -0.25) is 0 Å². The van der Waals surface area contributed by atoms with Crippen molar-refractivity contribution in [1.29, 1.82) is 5.26 Å². The summed E-state index contributed by atoms with van der Waals surface area (Å²) >= 11 is -1.50. The summed E-state index contributed by atoms with van der Waals surface area (Å²) in [7, 11) is 0. The number of nitrogens with zero attached hydrogens (tertiary/aromatic N) is 3. The SMILES string of the molecule is CC(=CC(C)(C)[S+](N)[O-])c1cc(C)cc2c(C#N)c(C)c(N3CCOCC3)nc12. The van der Waals surface area contributed by atoms with Crippen LogP contribution < -0.4 is 10.0 Å². The van der Waals surface area contributed by atoms with E-state index in [0.717, 1.165) is 52.1 Å². The highest BCUT2D eigenvalue weighted by molar-refractivity contribution is 7.90. The van der Waals surface area contributed by atoms with E-state index in [2.05, 4.69) is 17.0 Å². The lowest BCUT2D eigenvalue weighted by atomic mass is 9.94. The lowest BCUT2D eigenvalue weighted by molar-refractivity contribution is 0.122. The van der Waals surface area contributed by atoms with Crippen LogP contribution in [0.1, 0.15) is 43.0 Å². The third-order valence-electron chi connectivity index (χ3n) is 5.38. The molecule has 0 saturated carbocycles. The maximum absolute atomic E-state index is 11.9. The number of hydrogen-bond acceptors (Lipinski definition) is 6. The van der Waals surface area contributed by atoms with Crippen LogP contribution in [-0.2, 0) is 16.1 Å². The minimum atomic E-state index is -1.50. The monoisotopic (exact) mass is 412 g/mol. The number of benzene rings is 1. The maximum Gasteiger partial charge on any atom is 0.157 e. The van der Waals surface area contributed by atoms with Gasteiger partial charge in [0.1, 0.15) is 11.9 Å². The summed E-state index contributed by atoms with van der Waals surface area (Å²) in [6, 6.07) is 6.47. The molecule has 1 aliphatic heterocycles. The van der Waals surface area contributed by atoms with Crippen molar-refractivity contribution < 1.29 is 9.29 Å². The van der Waals surface area contributed by atoms with Crippen LogP contribution in [0.4, 0.5) is 5.82 Å². The summed E-state index contributed by atoms with van der Waals surface area (Å²) in [5, 5.41) is 16.4. The van der Waals surface area contributed by atoms with Gasteiger partial charge in [-0.25, -0.2) is 4.98 Å². The lowest BCUT2D eigenvalue weighted by Gasteiger charge is -2.30. The first-order chi connectivity index (χ1) is 13.7. The molecule has 0 amide bonds. The van der Waals surface area contributed by atoms with Gasteiger partial charge in [0.15, 0.2) is 4.75 Å². The Labute approximate surface area is 175 Å². The summed E-state index contributed by atoms with van der Waals surface area (Å²) in [6.07, 6.45) is 1.93. The molecule has 0 bridgehead atoms. The van der Waals surface area contributed by atoms with Crippen LogP contribution in [0, 0.1) is 25.2 Å². The molecule has 1 aromatic heterocycles. The van der Waals surface area contributed by atoms with Crippen molar-refractivity contribution in [2.24, 2.45) is 5.14 Å². The van der Waals surface area contributed by atoms with E-state index in [-0.39, 0.29) is 0 Å². The van der Waals surface area contributed by atoms with Crippen LogP contribution in [0.25, 0.3) is 16.5 Å². The third kappa shape index (κ3) is 4.26. The zero-order valence-corrected chi connectivity index (χ0v) is 18.5. The Bertz CT molecular complexity index is 1000. The first kappa shape index (κ1) is 21.6. The van der Waals surface area contributed by atoms with E-state index >= 15 is 0 Å². The van der Waals surface area contributed by atoms with Gasteiger partial charge in [0, 0.05) is 41.0 Å². The van der Waals surface area contributed by atoms with E-state index in [9.17, 15) is 9.81 Å². The standard InChI is InChI=1S/C22H28N4O2S/c1-14-10-17(15(2)12-22(4,5)29(24)27)20-18(11-14)19(13-23)16(3)21(25-20)26-6-8-28-9-7-26/h10-12H,6-9,24H2,1-5H3. The molecule has 154 valence electrons. The minimum absolute atomic E-state index is 0.649. The molecular weight excluding hydrogens is 384 g/mol. The lowest BCUT2D eigenvalue weighted by Crippen LogP contribution is -2.37. The summed E-state index contributed by atoms with van der Waals surface area (Å²) < 4.78 is 16.7. The first-order valence-electron chi connectivity index (χ1n) is 9.69. The van der Waals surface area contributed by atoms with E-state index in [1.807, 2.05) is 46.8 Å². The zero-order chi connectivity index (χ0) is 21.3. The number of aryl methyl sites for hydroxylation is 1. The number of morpholine rings is 1. The number of anilines is 1. The van der Waals surface area contributed by atoms with Gasteiger partial charge in [-0.2, -0.15) is 10.4 Å². The maximum atomic E-state index is 11.9. The molecule has 0 radical (unpaired) electrons. The number of fused-ring (bicyclic) bond motifs is 1. The van der Waals surface area contributed by atoms with Gasteiger partial charge in [-0.15, -0.1) is 0 Å². The molecule has 29 heavy (non-hydrogen) atoms. The van der Waals surface area contributed by atoms with Crippen molar-refractivity contribution in [3.63, 3.8) is 0 Å². The number of aromatic nitrogens is 1. The fourth-order valence-corrected chi connectivity index (χ4v) is 4.07. The quantitative estimate of drug-likeness (QED) is 0.773. The average Bonchev–Trinajstić information content (AvgIpc) is 2.67. The van der Waals surface area contributed by atoms with Crippen molar-refractivity contribution in [3.05, 3.63) is 40.5 Å². The Kier molecular flexibility index (Phi) is 6.20. The summed E-state index contributed by atoms with van der Waals surface area (Å²) in [4.78, 5) is 7.20. The molecule has 1 unspecified atom stereocenters. The Morgan fingerprint density at radius 2 is 2.00 bits per heavy atom. The van der Waals surface area contributed by atoms with Crippen molar-refractivity contribution in [2.45, 2.75) is 39.4 Å². The highest BCUT2D eigenvalue weighted by atomic mass is 32.2. The minimum Gasteiger partial charge on any atom is -0.598 e. The number of rotatable bonds is 4. The predicted octanol–water partition coefficient (Wildman–Crippen LogP) is 3.36. The first-order valence-corrected chi connectivity index (χ1v) is 10.9. The van der Waals surface area contributed by atoms with Gasteiger partial charge in [0.05, 0.1) is 24.3 Å². The van der Waals surface area contributed by atoms with Crippen molar-refractivity contribution >= 4 is 33.7 Å². The van der Waals surface area contributed by atoms with Crippen molar-refractivity contribution in [3.8, 4) is 6.07 Å². The molecule has 2 aromatic rings. The fraction of sp³-hybridized carbons (Fsp3) is 0.455. The Morgan fingerprint density at radius 1 is 1.34 bits per heavy atom. The van der Waals surface area contributed by atoms with Crippen LogP contribution in [-0.4, -0.2) is 40.6 Å². The predicted molar refractivity (Wildman–Crippen MR) is 119 cm³/mol. The number of pyridine rings is 1. The van der Waals surface area contributed by atoms with Crippen LogP contribution in [0.15, 0.2) is 18.2 Å². The van der Waals surface area contributed by atoms with Crippen molar-refractivity contribution in [1.82, 2.24) is 4.98 Å². The molecule has 1 saturated heterocycles. The molecule has 0 spiro atoms. The van der Waals surface area contributed by atoms with Crippen LogP contribution in [0.3, 0.4) is 0 Å². The number of ether oxygens (including phenoxy) is 1. The number of nitrogens with two attached hydrogens (primary N) is 1. The van der Waals surface area contributed by atoms with Gasteiger partial charge < -0.3 is 14.2 Å². The highest BCUT2D eigenvalue weighted by Crippen LogP contribution is 2.34. The molecule has 3 rings (SSSR count). The van der Waals surface area contributed by atoms with Crippen LogP contribution in [0.2, 0.25) is 0 Å². The number of allylic oxidation sites excluding steroid dienone is 1. The van der Waals surface area contributed by atoms with Gasteiger partial charge in [0.25, 0.3) is 0 Å². The molecule has 7 heteroatoms. The third-order valence-corrected chi connectivity index (χ3v) is 6.54. The Hall–Kier alpha value is -2.11. The summed E-state index contributed by atoms with van der Waals surface area (Å²) in [6.45, 7) is 12.4. The molecule has 0 aliphatic carbocycles. The molecule has 2 heterocycles. The van der Waals surface area contributed by atoms with Gasteiger partial charge in [0.2, 0.25) is 0 Å². The van der Waals surface area contributed by atoms with Gasteiger partial charge in [-0.1, -0.05) is 0 Å². The second-order valence-electron chi connectivity index (χ2n) is 8.08. The van der Waals surface area contributed by atoms with E-state index in [1.54, 1.807) is 0 Å². The van der Waals surface area contributed by atoms with Crippen molar-refractivity contribution in [2.75, 3.05) is 31.2 Å². The molecule has 2 N–H and O–H groups in total.